The first-order chi connectivity index (χ1) is 16.5. The highest BCUT2D eigenvalue weighted by molar-refractivity contribution is 8.01. The summed E-state index contributed by atoms with van der Waals surface area (Å²) in [7, 11) is 1.76. The molecular weight excluding hydrogens is 464 g/mol. The lowest BCUT2D eigenvalue weighted by molar-refractivity contribution is -0.131. The second-order valence-corrected chi connectivity index (χ2v) is 10.8. The molecule has 2 rings (SSSR count). The maximum Gasteiger partial charge on any atom is 0.238 e. The van der Waals surface area contributed by atoms with Crippen LogP contribution in [0.25, 0.3) is 0 Å². The Kier molecular flexibility index (Phi) is 9.97. The third-order valence-electron chi connectivity index (χ3n) is 5.73. The van der Waals surface area contributed by atoms with Crippen molar-refractivity contribution in [3.8, 4) is 12.1 Å². The van der Waals surface area contributed by atoms with E-state index in [0.717, 1.165) is 11.4 Å². The van der Waals surface area contributed by atoms with E-state index in [-0.39, 0.29) is 35.4 Å². The Morgan fingerprint density at radius 1 is 1.29 bits per heavy atom. The van der Waals surface area contributed by atoms with Crippen LogP contribution in [0.5, 0.6) is 0 Å². The van der Waals surface area contributed by atoms with E-state index < -0.39 is 17.2 Å². The zero-order chi connectivity index (χ0) is 26.2. The number of carbonyl (C=O) groups is 3. The van der Waals surface area contributed by atoms with E-state index >= 15 is 0 Å². The Bertz CT molecular complexity index is 1010. The van der Waals surface area contributed by atoms with Gasteiger partial charge in [-0.3, -0.25) is 14.4 Å². The van der Waals surface area contributed by atoms with E-state index in [9.17, 15) is 19.6 Å². The van der Waals surface area contributed by atoms with Crippen molar-refractivity contribution in [1.29, 1.82) is 10.5 Å². The van der Waals surface area contributed by atoms with E-state index in [0.29, 0.717) is 19.5 Å². The Labute approximate surface area is 211 Å². The molecule has 35 heavy (non-hydrogen) atoms. The van der Waals surface area contributed by atoms with E-state index in [1.807, 2.05) is 64.1 Å². The molecular formula is C25H34N6O3S. The Morgan fingerprint density at radius 3 is 2.60 bits per heavy atom. The minimum Gasteiger partial charge on any atom is -0.385 e. The summed E-state index contributed by atoms with van der Waals surface area (Å²) in [6.07, 6.45) is 0.799. The lowest BCUT2D eigenvalue weighted by Crippen LogP contribution is -2.38. The number of rotatable bonds is 10. The minimum absolute atomic E-state index is 0.00248. The van der Waals surface area contributed by atoms with Gasteiger partial charge >= 0.3 is 0 Å². The Morgan fingerprint density at radius 2 is 2.00 bits per heavy atom. The molecule has 1 aromatic carbocycles. The fourth-order valence-corrected chi connectivity index (χ4v) is 5.43. The zero-order valence-corrected chi connectivity index (χ0v) is 21.8. The first-order valence-electron chi connectivity index (χ1n) is 11.7. The molecule has 188 valence electrons. The van der Waals surface area contributed by atoms with Crippen LogP contribution in [-0.2, 0) is 14.4 Å². The van der Waals surface area contributed by atoms with Gasteiger partial charge in [0.25, 0.3) is 0 Å². The third-order valence-corrected chi connectivity index (χ3v) is 7.26. The van der Waals surface area contributed by atoms with Crippen LogP contribution in [0.2, 0.25) is 0 Å². The highest BCUT2D eigenvalue weighted by atomic mass is 32.2. The average Bonchev–Trinajstić information content (AvgIpc) is 3.13. The quantitative estimate of drug-likeness (QED) is 0.474. The number of benzene rings is 1. The lowest BCUT2D eigenvalue weighted by atomic mass is 9.94. The number of hydrogen-bond donors (Lipinski definition) is 2. The summed E-state index contributed by atoms with van der Waals surface area (Å²) >= 11 is 1.47. The Hall–Kier alpha value is -3.24. The molecule has 0 aromatic heterocycles. The van der Waals surface area contributed by atoms with Crippen LogP contribution in [0, 0.1) is 34.0 Å². The predicted molar refractivity (Wildman–Crippen MR) is 137 cm³/mol. The molecule has 1 aliphatic heterocycles. The molecule has 2 N–H and O–H groups in total. The first-order valence-corrected chi connectivity index (χ1v) is 12.6. The summed E-state index contributed by atoms with van der Waals surface area (Å²) in [4.78, 5) is 41.0. The molecule has 9 nitrogen and oxygen atoms in total. The Balaban J connectivity index is 1.97. The molecule has 1 aliphatic rings. The molecule has 3 unspecified atom stereocenters. The van der Waals surface area contributed by atoms with Crippen LogP contribution >= 0.6 is 11.8 Å². The normalized spacial score (nSPS) is 18.4. The van der Waals surface area contributed by atoms with Gasteiger partial charge in [0.1, 0.15) is 12.5 Å². The fraction of sp³-hybridized carbons (Fsp3) is 0.560. The molecule has 0 saturated carbocycles. The first kappa shape index (κ1) is 28.0. The van der Waals surface area contributed by atoms with E-state index in [1.54, 1.807) is 16.8 Å². The number of thioether (sulfide) groups is 1. The van der Waals surface area contributed by atoms with Gasteiger partial charge < -0.3 is 20.4 Å². The van der Waals surface area contributed by atoms with Gasteiger partial charge in [-0.1, -0.05) is 26.8 Å². The second-order valence-electron chi connectivity index (χ2n) is 9.38. The van der Waals surface area contributed by atoms with Crippen LogP contribution in [0.1, 0.15) is 40.5 Å². The van der Waals surface area contributed by atoms with E-state index in [1.165, 1.54) is 11.8 Å². The van der Waals surface area contributed by atoms with Gasteiger partial charge in [0.2, 0.25) is 17.7 Å². The van der Waals surface area contributed by atoms with Crippen molar-refractivity contribution in [2.45, 2.75) is 51.2 Å². The fourth-order valence-electron chi connectivity index (χ4n) is 3.84. The van der Waals surface area contributed by atoms with Gasteiger partial charge in [0, 0.05) is 43.3 Å². The van der Waals surface area contributed by atoms with Crippen molar-refractivity contribution >= 4 is 40.9 Å². The third kappa shape index (κ3) is 7.37. The highest BCUT2D eigenvalue weighted by Gasteiger charge is 2.40. The number of hydrogen-bond acceptors (Lipinski definition) is 7. The van der Waals surface area contributed by atoms with Crippen molar-refractivity contribution in [2.75, 3.05) is 36.9 Å². The number of carbonyl (C=O) groups excluding carboxylic acids is 3. The largest absolute Gasteiger partial charge is 0.385 e. The van der Waals surface area contributed by atoms with Gasteiger partial charge in [-0.2, -0.15) is 10.5 Å². The highest BCUT2D eigenvalue weighted by Crippen LogP contribution is 2.37. The maximum atomic E-state index is 12.9. The van der Waals surface area contributed by atoms with Crippen molar-refractivity contribution in [1.82, 2.24) is 10.2 Å². The summed E-state index contributed by atoms with van der Waals surface area (Å²) in [5, 5.41) is 23.3. The number of amides is 3. The van der Waals surface area contributed by atoms with Gasteiger partial charge in [-0.25, -0.2) is 0 Å². The second kappa shape index (κ2) is 12.5. The topological polar surface area (TPSA) is 129 Å². The van der Waals surface area contributed by atoms with E-state index in [2.05, 4.69) is 10.6 Å². The van der Waals surface area contributed by atoms with E-state index in [4.69, 9.17) is 5.26 Å². The molecule has 10 heteroatoms. The van der Waals surface area contributed by atoms with Crippen molar-refractivity contribution < 1.29 is 14.4 Å². The molecule has 0 aliphatic carbocycles. The summed E-state index contributed by atoms with van der Waals surface area (Å²) in [5.74, 6) is -1.39. The lowest BCUT2D eigenvalue weighted by Gasteiger charge is -2.26. The molecule has 1 aromatic rings. The number of nitrogens with one attached hydrogen (secondary N) is 2. The van der Waals surface area contributed by atoms with Crippen LogP contribution in [0.15, 0.2) is 24.3 Å². The molecule has 0 spiro atoms. The number of nitriles is 2. The predicted octanol–water partition coefficient (Wildman–Crippen LogP) is 2.96. The van der Waals surface area contributed by atoms with Gasteiger partial charge in [-0.05, 0) is 31.5 Å². The van der Waals surface area contributed by atoms with Gasteiger partial charge in [-0.15, -0.1) is 11.8 Å². The minimum atomic E-state index is -0.921. The molecule has 0 bridgehead atoms. The van der Waals surface area contributed by atoms with Crippen LogP contribution in [0.4, 0.5) is 11.4 Å². The smallest absolute Gasteiger partial charge is 0.238 e. The molecule has 3 amide bonds. The van der Waals surface area contributed by atoms with Gasteiger partial charge in [0.15, 0.2) is 0 Å². The summed E-state index contributed by atoms with van der Waals surface area (Å²) in [6.45, 7) is 8.43. The summed E-state index contributed by atoms with van der Waals surface area (Å²) < 4.78 is 0. The van der Waals surface area contributed by atoms with Crippen LogP contribution in [-0.4, -0.2) is 59.9 Å². The van der Waals surface area contributed by atoms with Crippen molar-refractivity contribution in [3.63, 3.8) is 0 Å². The monoisotopic (exact) mass is 498 g/mol. The number of nitrogens with zero attached hydrogens (tertiary/aromatic N) is 4. The maximum absolute atomic E-state index is 12.9. The number of anilines is 2. The van der Waals surface area contributed by atoms with Crippen molar-refractivity contribution in [2.24, 2.45) is 11.3 Å². The SMILES string of the molecule is CCN1C(=O)C(CCNc2cccc(N(C)C(=O)C(C)(C)C)c2)SC1CC(C#N)C(=O)NCC#N. The van der Waals surface area contributed by atoms with Gasteiger partial charge in [0.05, 0.1) is 22.8 Å². The molecule has 0 radical (unpaired) electrons. The molecule has 1 heterocycles. The molecule has 1 saturated heterocycles. The standard InChI is InChI=1S/C25H34N6O3S/c1-6-31-21(14-17(16-27)22(32)29-13-11-26)35-20(23(31)33)10-12-28-18-8-7-9-19(15-18)30(5)24(34)25(2,3)4/h7-9,15,17,20-21,28H,6,10,12-14H2,1-5H3,(H,29,32). The molecule has 3 atom stereocenters. The van der Waals surface area contributed by atoms with Crippen molar-refractivity contribution in [3.05, 3.63) is 24.3 Å². The average molecular weight is 499 g/mol. The zero-order valence-electron chi connectivity index (χ0n) is 21.0. The summed E-state index contributed by atoms with van der Waals surface area (Å²) in [6, 6.07) is 11.4. The van der Waals surface area contributed by atoms with Crippen LogP contribution < -0.4 is 15.5 Å². The summed E-state index contributed by atoms with van der Waals surface area (Å²) in [5.41, 5.74) is 1.16. The van der Waals surface area contributed by atoms with Crippen LogP contribution in [0.3, 0.4) is 0 Å². The molecule has 1 fully saturated rings.